The molecule has 1 heterocycles. The van der Waals surface area contributed by atoms with Crippen LogP contribution in [0.2, 0.25) is 0 Å². The SMILES string of the molecule is CCC(=CC=C(C)C)S(=O)(=O)Nc1ccccn1. The van der Waals surface area contributed by atoms with E-state index in [1.807, 2.05) is 20.8 Å². The monoisotopic (exact) mass is 266 g/mol. The Morgan fingerprint density at radius 1 is 1.33 bits per heavy atom. The molecule has 0 aliphatic carbocycles. The smallest absolute Gasteiger partial charge is 0.259 e. The topological polar surface area (TPSA) is 59.1 Å². The largest absolute Gasteiger partial charge is 0.264 e. The third kappa shape index (κ3) is 4.33. The molecule has 0 saturated heterocycles. The van der Waals surface area contributed by atoms with Crippen LogP contribution in [0, 0.1) is 0 Å². The first-order valence-electron chi connectivity index (χ1n) is 5.73. The van der Waals surface area contributed by atoms with Gasteiger partial charge in [0, 0.05) is 6.20 Å². The maximum absolute atomic E-state index is 12.1. The Bertz CT molecular complexity index is 542. The fourth-order valence-electron chi connectivity index (χ4n) is 1.28. The highest BCUT2D eigenvalue weighted by molar-refractivity contribution is 7.96. The second kappa shape index (κ2) is 6.35. The lowest BCUT2D eigenvalue weighted by atomic mass is 10.3. The molecule has 4 nitrogen and oxygen atoms in total. The molecular weight excluding hydrogens is 248 g/mol. The van der Waals surface area contributed by atoms with Gasteiger partial charge in [0.2, 0.25) is 0 Å². The summed E-state index contributed by atoms with van der Waals surface area (Å²) < 4.78 is 26.6. The minimum atomic E-state index is -3.52. The lowest BCUT2D eigenvalue weighted by Gasteiger charge is -2.08. The molecule has 0 bridgehead atoms. The van der Waals surface area contributed by atoms with Gasteiger partial charge >= 0.3 is 0 Å². The summed E-state index contributed by atoms with van der Waals surface area (Å²) in [6, 6.07) is 5.08. The van der Waals surface area contributed by atoms with Gasteiger partial charge in [-0.05, 0) is 38.5 Å². The van der Waals surface area contributed by atoms with Crippen molar-refractivity contribution in [2.24, 2.45) is 0 Å². The average Bonchev–Trinajstić information content (AvgIpc) is 2.29. The fourth-order valence-corrected chi connectivity index (χ4v) is 2.44. The van der Waals surface area contributed by atoms with Crippen LogP contribution < -0.4 is 4.72 Å². The van der Waals surface area contributed by atoms with E-state index < -0.39 is 10.0 Å². The zero-order chi connectivity index (χ0) is 13.6. The minimum absolute atomic E-state index is 0.328. The second-order valence-electron chi connectivity index (χ2n) is 4.05. The predicted molar refractivity (Wildman–Crippen MR) is 74.6 cm³/mol. The summed E-state index contributed by atoms with van der Waals surface area (Å²) in [4.78, 5) is 4.28. The summed E-state index contributed by atoms with van der Waals surface area (Å²) in [6.45, 7) is 5.65. The number of rotatable bonds is 5. The summed E-state index contributed by atoms with van der Waals surface area (Å²) in [6.07, 6.45) is 5.40. The maximum atomic E-state index is 12.1. The molecule has 1 rings (SSSR count). The molecule has 0 fully saturated rings. The first-order chi connectivity index (χ1) is 8.45. The predicted octanol–water partition coefficient (Wildman–Crippen LogP) is 3.08. The molecule has 1 N–H and O–H groups in total. The van der Waals surface area contributed by atoms with Crippen LogP contribution in [0.3, 0.4) is 0 Å². The third-order valence-corrected chi connectivity index (χ3v) is 3.79. The molecule has 0 radical (unpaired) electrons. The van der Waals surface area contributed by atoms with Crippen LogP contribution in [0.25, 0.3) is 0 Å². The third-order valence-electron chi connectivity index (χ3n) is 2.20. The quantitative estimate of drug-likeness (QED) is 0.833. The van der Waals surface area contributed by atoms with Crippen molar-refractivity contribution in [2.45, 2.75) is 27.2 Å². The Hall–Kier alpha value is -1.62. The standard InChI is InChI=1S/C13H18N2O2S/c1-4-12(9-8-11(2)3)18(16,17)15-13-7-5-6-10-14-13/h5-10H,4H2,1-3H3,(H,14,15). The summed E-state index contributed by atoms with van der Waals surface area (Å²) in [5.74, 6) is 0.328. The minimum Gasteiger partial charge on any atom is -0.264 e. The Labute approximate surface area is 109 Å². The number of pyridine rings is 1. The molecule has 0 saturated carbocycles. The van der Waals surface area contributed by atoms with E-state index in [0.29, 0.717) is 17.1 Å². The van der Waals surface area contributed by atoms with Gasteiger partial charge in [-0.15, -0.1) is 0 Å². The molecular formula is C13H18N2O2S. The molecule has 0 spiro atoms. The van der Waals surface area contributed by atoms with Crippen molar-refractivity contribution in [3.8, 4) is 0 Å². The average molecular weight is 266 g/mol. The van der Waals surface area contributed by atoms with E-state index >= 15 is 0 Å². The van der Waals surface area contributed by atoms with E-state index in [9.17, 15) is 8.42 Å². The Kier molecular flexibility index (Phi) is 5.09. The van der Waals surface area contributed by atoms with E-state index in [-0.39, 0.29) is 0 Å². The van der Waals surface area contributed by atoms with Crippen LogP contribution in [-0.2, 0) is 10.0 Å². The molecule has 0 atom stereocenters. The Morgan fingerprint density at radius 2 is 2.06 bits per heavy atom. The highest BCUT2D eigenvalue weighted by atomic mass is 32.2. The fraction of sp³-hybridized carbons (Fsp3) is 0.308. The number of hydrogen-bond acceptors (Lipinski definition) is 3. The number of allylic oxidation sites excluding steroid dienone is 4. The van der Waals surface area contributed by atoms with E-state index in [0.717, 1.165) is 5.57 Å². The molecule has 0 aromatic carbocycles. The van der Waals surface area contributed by atoms with Crippen molar-refractivity contribution in [1.29, 1.82) is 0 Å². The normalized spacial score (nSPS) is 12.1. The number of aromatic nitrogens is 1. The summed E-state index contributed by atoms with van der Waals surface area (Å²) >= 11 is 0. The summed E-state index contributed by atoms with van der Waals surface area (Å²) in [7, 11) is -3.52. The molecule has 18 heavy (non-hydrogen) atoms. The van der Waals surface area contributed by atoms with E-state index in [1.165, 1.54) is 0 Å². The van der Waals surface area contributed by atoms with Crippen molar-refractivity contribution in [2.75, 3.05) is 4.72 Å². The van der Waals surface area contributed by atoms with E-state index in [1.54, 1.807) is 36.5 Å². The van der Waals surface area contributed by atoms with Crippen molar-refractivity contribution in [1.82, 2.24) is 4.98 Å². The van der Waals surface area contributed by atoms with Gasteiger partial charge in [-0.3, -0.25) is 4.72 Å². The van der Waals surface area contributed by atoms with Crippen molar-refractivity contribution in [3.63, 3.8) is 0 Å². The molecule has 0 unspecified atom stereocenters. The lowest BCUT2D eigenvalue weighted by molar-refractivity contribution is 0.605. The molecule has 0 aliphatic rings. The van der Waals surface area contributed by atoms with Crippen LogP contribution in [0.5, 0.6) is 0 Å². The highest BCUT2D eigenvalue weighted by Crippen LogP contribution is 2.15. The van der Waals surface area contributed by atoms with Crippen LogP contribution in [0.15, 0.2) is 47.0 Å². The van der Waals surface area contributed by atoms with Gasteiger partial charge in [-0.2, -0.15) is 0 Å². The molecule has 1 aromatic rings. The number of anilines is 1. The zero-order valence-electron chi connectivity index (χ0n) is 10.8. The van der Waals surface area contributed by atoms with Gasteiger partial charge in [0.25, 0.3) is 10.0 Å². The lowest BCUT2D eigenvalue weighted by Crippen LogP contribution is -2.15. The summed E-state index contributed by atoms with van der Waals surface area (Å²) in [5, 5.41) is 0. The Morgan fingerprint density at radius 3 is 2.56 bits per heavy atom. The maximum Gasteiger partial charge on any atom is 0.259 e. The number of nitrogens with one attached hydrogen (secondary N) is 1. The van der Waals surface area contributed by atoms with Crippen LogP contribution in [0.1, 0.15) is 27.2 Å². The van der Waals surface area contributed by atoms with Crippen molar-refractivity contribution in [3.05, 3.63) is 47.0 Å². The van der Waals surface area contributed by atoms with Gasteiger partial charge in [-0.25, -0.2) is 13.4 Å². The van der Waals surface area contributed by atoms with Gasteiger partial charge in [-0.1, -0.05) is 24.6 Å². The molecule has 98 valence electrons. The molecule has 0 amide bonds. The Balaban J connectivity index is 2.98. The number of nitrogens with zero attached hydrogens (tertiary/aromatic N) is 1. The van der Waals surface area contributed by atoms with Crippen molar-refractivity contribution < 1.29 is 8.42 Å². The first-order valence-corrected chi connectivity index (χ1v) is 7.22. The number of hydrogen-bond donors (Lipinski definition) is 1. The van der Waals surface area contributed by atoms with Crippen molar-refractivity contribution >= 4 is 15.8 Å². The zero-order valence-corrected chi connectivity index (χ0v) is 11.7. The van der Waals surface area contributed by atoms with Crippen LogP contribution in [0.4, 0.5) is 5.82 Å². The first kappa shape index (κ1) is 14.4. The van der Waals surface area contributed by atoms with Gasteiger partial charge in [0.15, 0.2) is 0 Å². The van der Waals surface area contributed by atoms with Gasteiger partial charge < -0.3 is 0 Å². The van der Waals surface area contributed by atoms with Crippen LogP contribution in [-0.4, -0.2) is 13.4 Å². The second-order valence-corrected chi connectivity index (χ2v) is 5.79. The van der Waals surface area contributed by atoms with E-state index in [4.69, 9.17) is 0 Å². The highest BCUT2D eigenvalue weighted by Gasteiger charge is 2.15. The van der Waals surface area contributed by atoms with Gasteiger partial charge in [0.05, 0.1) is 4.91 Å². The summed E-state index contributed by atoms with van der Waals surface area (Å²) in [5.41, 5.74) is 1.05. The molecule has 1 aromatic heterocycles. The molecule has 0 aliphatic heterocycles. The van der Waals surface area contributed by atoms with Crippen LogP contribution >= 0.6 is 0 Å². The van der Waals surface area contributed by atoms with Gasteiger partial charge in [0.1, 0.15) is 5.82 Å². The number of sulfonamides is 1. The van der Waals surface area contributed by atoms with E-state index in [2.05, 4.69) is 9.71 Å². The molecule has 5 heteroatoms.